The summed E-state index contributed by atoms with van der Waals surface area (Å²) in [6.07, 6.45) is 1.32. The lowest BCUT2D eigenvalue weighted by Gasteiger charge is -2.41. The van der Waals surface area contributed by atoms with Crippen LogP contribution < -0.4 is 4.74 Å². The minimum atomic E-state index is -0.0432. The summed E-state index contributed by atoms with van der Waals surface area (Å²) in [6, 6.07) is 8.13. The number of hydrogen-bond acceptors (Lipinski definition) is 3. The maximum absolute atomic E-state index is 11.5. The maximum atomic E-state index is 11.5. The highest BCUT2D eigenvalue weighted by Gasteiger charge is 2.33. The van der Waals surface area contributed by atoms with Crippen molar-refractivity contribution in [3.8, 4) is 5.75 Å². The number of ketones is 1. The van der Waals surface area contributed by atoms with Crippen LogP contribution in [-0.2, 0) is 11.3 Å². The quantitative estimate of drug-likeness (QED) is 0.822. The number of carbonyl (C=O) groups is 1. The fraction of sp³-hybridized carbons (Fsp3) is 0.533. The van der Waals surface area contributed by atoms with Gasteiger partial charge in [-0.2, -0.15) is 0 Å². The molecule has 0 saturated carbocycles. The molecule has 1 saturated heterocycles. The number of nitrogens with zero attached hydrogens (tertiary/aromatic N) is 1. The van der Waals surface area contributed by atoms with Crippen LogP contribution in [-0.4, -0.2) is 29.9 Å². The Morgan fingerprint density at radius 3 is 2.83 bits per heavy atom. The van der Waals surface area contributed by atoms with Crippen molar-refractivity contribution >= 4 is 5.78 Å². The van der Waals surface area contributed by atoms with Gasteiger partial charge >= 0.3 is 0 Å². The van der Waals surface area contributed by atoms with Gasteiger partial charge in [0.15, 0.2) is 0 Å². The van der Waals surface area contributed by atoms with Crippen LogP contribution in [0.4, 0.5) is 0 Å². The number of methoxy groups -OCH3 is 1. The topological polar surface area (TPSA) is 29.5 Å². The number of Topliss-reactive ketones (excluding diaryl/α,β-unsaturated/α-hetero) is 1. The number of ether oxygens (including phenoxy) is 1. The van der Waals surface area contributed by atoms with Gasteiger partial charge in [0.25, 0.3) is 0 Å². The van der Waals surface area contributed by atoms with Gasteiger partial charge in [-0.3, -0.25) is 9.69 Å². The second kappa shape index (κ2) is 5.11. The molecule has 2 rings (SSSR count). The van der Waals surface area contributed by atoms with Crippen LogP contribution in [0.1, 0.15) is 32.3 Å². The first-order valence-corrected chi connectivity index (χ1v) is 6.41. The molecule has 1 fully saturated rings. The number of carbonyl (C=O) groups excluding carboxylic acids is 1. The zero-order valence-corrected chi connectivity index (χ0v) is 11.4. The summed E-state index contributed by atoms with van der Waals surface area (Å²) in [4.78, 5) is 13.9. The van der Waals surface area contributed by atoms with Gasteiger partial charge in [-0.05, 0) is 31.5 Å². The second-order valence-electron chi connectivity index (χ2n) is 5.55. The Kier molecular flexibility index (Phi) is 3.71. The Hall–Kier alpha value is -1.35. The van der Waals surface area contributed by atoms with E-state index in [1.54, 1.807) is 7.11 Å². The average Bonchev–Trinajstić information content (AvgIpc) is 2.32. The average molecular weight is 247 g/mol. The number of rotatable bonds is 3. The van der Waals surface area contributed by atoms with E-state index in [4.69, 9.17) is 4.74 Å². The molecule has 3 heteroatoms. The minimum absolute atomic E-state index is 0.0432. The molecular weight excluding hydrogens is 226 g/mol. The molecule has 1 aromatic carbocycles. The molecule has 0 radical (unpaired) electrons. The van der Waals surface area contributed by atoms with Crippen molar-refractivity contribution < 1.29 is 9.53 Å². The molecule has 1 aliphatic heterocycles. The summed E-state index contributed by atoms with van der Waals surface area (Å²) in [7, 11) is 1.68. The summed E-state index contributed by atoms with van der Waals surface area (Å²) in [5.74, 6) is 1.26. The highest BCUT2D eigenvalue weighted by molar-refractivity contribution is 5.80. The lowest BCUT2D eigenvalue weighted by Crippen LogP contribution is -2.49. The lowest BCUT2D eigenvalue weighted by molar-refractivity contribution is -0.125. The number of benzene rings is 1. The molecule has 0 spiro atoms. The van der Waals surface area contributed by atoms with Crippen molar-refractivity contribution in [2.75, 3.05) is 13.7 Å². The monoisotopic (exact) mass is 247 g/mol. The summed E-state index contributed by atoms with van der Waals surface area (Å²) in [5, 5.41) is 0. The zero-order valence-electron chi connectivity index (χ0n) is 11.4. The van der Waals surface area contributed by atoms with Gasteiger partial charge in [-0.25, -0.2) is 0 Å². The van der Waals surface area contributed by atoms with Gasteiger partial charge in [0.05, 0.1) is 7.11 Å². The van der Waals surface area contributed by atoms with E-state index in [1.165, 1.54) is 5.56 Å². The Morgan fingerprint density at radius 2 is 2.17 bits per heavy atom. The van der Waals surface area contributed by atoms with E-state index < -0.39 is 0 Å². The molecule has 0 aromatic heterocycles. The van der Waals surface area contributed by atoms with Crippen LogP contribution in [0, 0.1) is 0 Å². The normalized spacial score (nSPS) is 19.8. The molecule has 0 amide bonds. The van der Waals surface area contributed by atoms with E-state index in [-0.39, 0.29) is 5.54 Å². The molecule has 0 bridgehead atoms. The van der Waals surface area contributed by atoms with E-state index in [9.17, 15) is 4.79 Å². The molecule has 1 aliphatic rings. The molecule has 0 aliphatic carbocycles. The van der Waals surface area contributed by atoms with E-state index in [0.717, 1.165) is 18.8 Å². The Morgan fingerprint density at radius 1 is 1.39 bits per heavy atom. The van der Waals surface area contributed by atoms with Crippen LogP contribution in [0.5, 0.6) is 5.75 Å². The van der Waals surface area contributed by atoms with Crippen LogP contribution in [0.2, 0.25) is 0 Å². The van der Waals surface area contributed by atoms with Gasteiger partial charge in [0.2, 0.25) is 0 Å². The first-order chi connectivity index (χ1) is 8.51. The molecular formula is C15H21NO2. The number of hydrogen-bond donors (Lipinski definition) is 0. The molecule has 1 heterocycles. The Labute approximate surface area is 109 Å². The summed E-state index contributed by atoms with van der Waals surface area (Å²) in [5.41, 5.74) is 1.19. The summed E-state index contributed by atoms with van der Waals surface area (Å²) >= 11 is 0. The highest BCUT2D eigenvalue weighted by Crippen LogP contribution is 2.27. The lowest BCUT2D eigenvalue weighted by atomic mass is 9.89. The van der Waals surface area contributed by atoms with Crippen molar-refractivity contribution in [1.29, 1.82) is 0 Å². The zero-order chi connectivity index (χ0) is 13.2. The number of likely N-dealkylation sites (tertiary alicyclic amines) is 1. The van der Waals surface area contributed by atoms with Crippen molar-refractivity contribution in [1.82, 2.24) is 4.90 Å². The summed E-state index contributed by atoms with van der Waals surface area (Å²) < 4.78 is 5.24. The van der Waals surface area contributed by atoms with Crippen LogP contribution in [0.15, 0.2) is 24.3 Å². The standard InChI is InChI=1S/C15H21NO2/c1-15(2)10-13(17)7-8-16(15)11-12-5-4-6-14(9-12)18-3/h4-6,9H,7-8,10-11H2,1-3H3. The molecule has 0 atom stereocenters. The van der Waals surface area contributed by atoms with Crippen LogP contribution >= 0.6 is 0 Å². The maximum Gasteiger partial charge on any atom is 0.136 e. The predicted molar refractivity (Wildman–Crippen MR) is 71.7 cm³/mol. The highest BCUT2D eigenvalue weighted by atomic mass is 16.5. The van der Waals surface area contributed by atoms with Gasteiger partial charge in [-0.15, -0.1) is 0 Å². The summed E-state index contributed by atoms with van der Waals surface area (Å²) in [6.45, 7) is 6.01. The smallest absolute Gasteiger partial charge is 0.136 e. The van der Waals surface area contributed by atoms with Crippen molar-refractivity contribution in [2.24, 2.45) is 0 Å². The van der Waals surface area contributed by atoms with Gasteiger partial charge in [0, 0.05) is 31.5 Å². The van der Waals surface area contributed by atoms with E-state index in [0.29, 0.717) is 18.6 Å². The Bertz CT molecular complexity index is 440. The van der Waals surface area contributed by atoms with Gasteiger partial charge < -0.3 is 4.74 Å². The molecule has 18 heavy (non-hydrogen) atoms. The molecule has 0 unspecified atom stereocenters. The third-order valence-electron chi connectivity index (χ3n) is 3.65. The predicted octanol–water partition coefficient (Wildman–Crippen LogP) is 2.64. The molecule has 1 aromatic rings. The van der Waals surface area contributed by atoms with Crippen LogP contribution in [0.3, 0.4) is 0 Å². The third-order valence-corrected chi connectivity index (χ3v) is 3.65. The molecule has 0 N–H and O–H groups in total. The molecule has 3 nitrogen and oxygen atoms in total. The fourth-order valence-electron chi connectivity index (χ4n) is 2.53. The first-order valence-electron chi connectivity index (χ1n) is 6.41. The fourth-order valence-corrected chi connectivity index (χ4v) is 2.53. The van der Waals surface area contributed by atoms with E-state index >= 15 is 0 Å². The van der Waals surface area contributed by atoms with Gasteiger partial charge in [0.1, 0.15) is 11.5 Å². The second-order valence-corrected chi connectivity index (χ2v) is 5.55. The van der Waals surface area contributed by atoms with Crippen molar-refractivity contribution in [2.45, 2.75) is 38.8 Å². The largest absolute Gasteiger partial charge is 0.497 e. The number of piperidine rings is 1. The third kappa shape index (κ3) is 2.91. The first kappa shape index (κ1) is 13.1. The van der Waals surface area contributed by atoms with E-state index in [1.807, 2.05) is 12.1 Å². The van der Waals surface area contributed by atoms with E-state index in [2.05, 4.69) is 30.9 Å². The van der Waals surface area contributed by atoms with Crippen molar-refractivity contribution in [3.63, 3.8) is 0 Å². The SMILES string of the molecule is COc1cccc(CN2CCC(=O)CC2(C)C)c1. The van der Waals surface area contributed by atoms with Crippen molar-refractivity contribution in [3.05, 3.63) is 29.8 Å². The van der Waals surface area contributed by atoms with Gasteiger partial charge in [-0.1, -0.05) is 12.1 Å². The Balaban J connectivity index is 2.10. The molecule has 98 valence electrons. The van der Waals surface area contributed by atoms with Crippen LogP contribution in [0.25, 0.3) is 0 Å². The minimum Gasteiger partial charge on any atom is -0.497 e.